The fourth-order valence-corrected chi connectivity index (χ4v) is 6.91. The number of aliphatic carboxylic acids is 1. The van der Waals surface area contributed by atoms with E-state index >= 15 is 0 Å². The number of carboxylic acid groups (broad SMARTS) is 1. The minimum Gasteiger partial charge on any atom is -0.480 e. The van der Waals surface area contributed by atoms with Crippen molar-refractivity contribution in [1.82, 2.24) is 15.1 Å². The van der Waals surface area contributed by atoms with E-state index in [0.29, 0.717) is 32.5 Å². The predicted molar refractivity (Wildman–Crippen MR) is 159 cm³/mol. The van der Waals surface area contributed by atoms with Crippen LogP contribution < -0.4 is 5.32 Å². The zero-order chi connectivity index (χ0) is 29.1. The standard InChI is InChI=1S/C34H37N3O5/c38-31(39)30-17-5-2-10-19-37(30)32(40)34(18-20-36(23-34)21-24-11-3-1-4-12-24)35-33(41)42-22-29-27-15-8-6-13-25(27)26-14-7-9-16-28(26)29/h1,3-4,6-9,11-16,29-30H,2,5,10,17-23H2,(H,35,41)(H,38,39). The number of fused-ring (bicyclic) bond motifs is 3. The predicted octanol–water partition coefficient (Wildman–Crippen LogP) is 5.03. The van der Waals surface area contributed by atoms with E-state index in [-0.39, 0.29) is 25.0 Å². The van der Waals surface area contributed by atoms with Crippen LogP contribution in [0, 0.1) is 0 Å². The van der Waals surface area contributed by atoms with Gasteiger partial charge >= 0.3 is 12.1 Å². The number of hydrogen-bond acceptors (Lipinski definition) is 5. The van der Waals surface area contributed by atoms with E-state index in [1.54, 1.807) is 0 Å². The second kappa shape index (κ2) is 12.0. The molecule has 218 valence electrons. The number of rotatable bonds is 7. The summed E-state index contributed by atoms with van der Waals surface area (Å²) in [5, 5.41) is 13.0. The Bertz CT molecular complexity index is 1410. The van der Waals surface area contributed by atoms with E-state index < -0.39 is 23.6 Å². The van der Waals surface area contributed by atoms with Crippen LogP contribution in [0.5, 0.6) is 0 Å². The van der Waals surface area contributed by atoms with Gasteiger partial charge in [-0.25, -0.2) is 9.59 Å². The number of amides is 2. The Balaban J connectivity index is 1.22. The monoisotopic (exact) mass is 567 g/mol. The molecule has 0 radical (unpaired) electrons. The van der Waals surface area contributed by atoms with Gasteiger partial charge < -0.3 is 20.1 Å². The normalized spacial score (nSPS) is 22.2. The number of carbonyl (C=O) groups is 3. The first-order chi connectivity index (χ1) is 20.4. The Morgan fingerprint density at radius 3 is 2.21 bits per heavy atom. The lowest BCUT2D eigenvalue weighted by Crippen LogP contribution is -2.63. The van der Waals surface area contributed by atoms with Gasteiger partial charge in [0.1, 0.15) is 18.2 Å². The highest BCUT2D eigenvalue weighted by Gasteiger charge is 2.50. The van der Waals surface area contributed by atoms with Crippen LogP contribution in [0.4, 0.5) is 4.79 Å². The fraction of sp³-hybridized carbons (Fsp3) is 0.382. The molecule has 2 atom stereocenters. The second-order valence-corrected chi connectivity index (χ2v) is 11.7. The lowest BCUT2D eigenvalue weighted by atomic mass is 9.95. The summed E-state index contributed by atoms with van der Waals surface area (Å²) in [5.74, 6) is -1.43. The van der Waals surface area contributed by atoms with Gasteiger partial charge in [0.2, 0.25) is 0 Å². The number of hydrogen-bond donors (Lipinski definition) is 2. The van der Waals surface area contributed by atoms with Crippen LogP contribution >= 0.6 is 0 Å². The zero-order valence-electron chi connectivity index (χ0n) is 23.7. The van der Waals surface area contributed by atoms with Crippen LogP contribution in [-0.4, -0.2) is 70.7 Å². The van der Waals surface area contributed by atoms with Crippen molar-refractivity contribution in [3.05, 3.63) is 95.6 Å². The molecule has 1 aliphatic carbocycles. The smallest absolute Gasteiger partial charge is 0.408 e. The zero-order valence-corrected chi connectivity index (χ0v) is 23.7. The molecule has 0 spiro atoms. The molecule has 42 heavy (non-hydrogen) atoms. The molecule has 3 aliphatic rings. The summed E-state index contributed by atoms with van der Waals surface area (Å²) in [6, 6.07) is 25.4. The lowest BCUT2D eigenvalue weighted by molar-refractivity contribution is -0.153. The minimum atomic E-state index is -1.27. The van der Waals surface area contributed by atoms with E-state index in [0.717, 1.165) is 47.1 Å². The first kappa shape index (κ1) is 28.0. The van der Waals surface area contributed by atoms with Crippen LogP contribution in [0.2, 0.25) is 0 Å². The molecule has 2 unspecified atom stereocenters. The molecule has 8 nitrogen and oxygen atoms in total. The molecule has 0 saturated carbocycles. The largest absolute Gasteiger partial charge is 0.480 e. The van der Waals surface area contributed by atoms with Crippen LogP contribution in [0.3, 0.4) is 0 Å². The summed E-state index contributed by atoms with van der Waals surface area (Å²) in [6.45, 7) is 2.01. The molecule has 2 aliphatic heterocycles. The maximum Gasteiger partial charge on any atom is 0.408 e. The lowest BCUT2D eigenvalue weighted by Gasteiger charge is -2.37. The summed E-state index contributed by atoms with van der Waals surface area (Å²) in [6.07, 6.45) is 2.51. The maximum atomic E-state index is 14.3. The maximum absolute atomic E-state index is 14.3. The van der Waals surface area contributed by atoms with Gasteiger partial charge in [-0.15, -0.1) is 0 Å². The minimum absolute atomic E-state index is 0.102. The van der Waals surface area contributed by atoms with Gasteiger partial charge in [-0.2, -0.15) is 0 Å². The number of benzene rings is 3. The molecule has 2 N–H and O–H groups in total. The van der Waals surface area contributed by atoms with E-state index in [9.17, 15) is 19.5 Å². The average molecular weight is 568 g/mol. The molecule has 8 heteroatoms. The Hall–Kier alpha value is -4.17. The van der Waals surface area contributed by atoms with E-state index in [1.807, 2.05) is 54.6 Å². The summed E-state index contributed by atoms with van der Waals surface area (Å²) in [4.78, 5) is 43.6. The molecule has 2 fully saturated rings. The summed E-state index contributed by atoms with van der Waals surface area (Å²) >= 11 is 0. The third-order valence-electron chi connectivity index (χ3n) is 8.99. The molecular weight excluding hydrogens is 530 g/mol. The Labute approximate surface area is 246 Å². The van der Waals surface area contributed by atoms with Crippen LogP contribution in [0.15, 0.2) is 78.9 Å². The number of carboxylic acids is 1. The van der Waals surface area contributed by atoms with Gasteiger partial charge in [0.05, 0.1) is 0 Å². The van der Waals surface area contributed by atoms with Gasteiger partial charge in [0.25, 0.3) is 5.91 Å². The third-order valence-corrected chi connectivity index (χ3v) is 8.99. The van der Waals surface area contributed by atoms with Gasteiger partial charge in [-0.1, -0.05) is 91.7 Å². The molecule has 3 aromatic carbocycles. The van der Waals surface area contributed by atoms with Gasteiger partial charge in [0.15, 0.2) is 0 Å². The highest BCUT2D eigenvalue weighted by molar-refractivity contribution is 5.93. The molecule has 3 aromatic rings. The Morgan fingerprint density at radius 2 is 1.52 bits per heavy atom. The topological polar surface area (TPSA) is 99.2 Å². The van der Waals surface area contributed by atoms with Crippen molar-refractivity contribution in [3.63, 3.8) is 0 Å². The molecule has 0 bridgehead atoms. The van der Waals surface area contributed by atoms with E-state index in [2.05, 4.69) is 34.5 Å². The molecule has 6 rings (SSSR count). The van der Waals surface area contributed by atoms with E-state index in [4.69, 9.17) is 4.74 Å². The van der Waals surface area contributed by atoms with Gasteiger partial charge in [-0.3, -0.25) is 9.69 Å². The van der Waals surface area contributed by atoms with Crippen molar-refractivity contribution in [3.8, 4) is 11.1 Å². The first-order valence-corrected chi connectivity index (χ1v) is 14.9. The molecule has 0 aromatic heterocycles. The highest BCUT2D eigenvalue weighted by Crippen LogP contribution is 2.44. The molecule has 2 saturated heterocycles. The first-order valence-electron chi connectivity index (χ1n) is 14.9. The Morgan fingerprint density at radius 1 is 0.857 bits per heavy atom. The third kappa shape index (κ3) is 5.51. The van der Waals surface area contributed by atoms with Crippen LogP contribution in [0.1, 0.15) is 54.7 Å². The number of nitrogens with zero attached hydrogens (tertiary/aromatic N) is 2. The molecular formula is C34H37N3O5. The summed E-state index contributed by atoms with van der Waals surface area (Å²) < 4.78 is 5.86. The van der Waals surface area contributed by atoms with Crippen molar-refractivity contribution in [1.29, 1.82) is 0 Å². The number of nitrogens with one attached hydrogen (secondary N) is 1. The van der Waals surface area contributed by atoms with Crippen molar-refractivity contribution in [2.24, 2.45) is 0 Å². The Kier molecular flexibility index (Phi) is 7.98. The number of ether oxygens (including phenoxy) is 1. The van der Waals surface area contributed by atoms with Crippen molar-refractivity contribution < 1.29 is 24.2 Å². The van der Waals surface area contributed by atoms with Crippen molar-refractivity contribution in [2.75, 3.05) is 26.2 Å². The number of alkyl carbamates (subject to hydrolysis) is 1. The van der Waals surface area contributed by atoms with Crippen LogP contribution in [-0.2, 0) is 20.9 Å². The van der Waals surface area contributed by atoms with Crippen molar-refractivity contribution in [2.45, 2.75) is 56.1 Å². The van der Waals surface area contributed by atoms with Gasteiger partial charge in [0, 0.05) is 32.1 Å². The van der Waals surface area contributed by atoms with Crippen molar-refractivity contribution >= 4 is 18.0 Å². The SMILES string of the molecule is O=C(NC1(C(=O)N2CCCCCC2C(=O)O)CCN(Cc2ccccc2)C1)OCC1c2ccccc2-c2ccccc21. The van der Waals surface area contributed by atoms with Crippen LogP contribution in [0.25, 0.3) is 11.1 Å². The fourth-order valence-electron chi connectivity index (χ4n) is 6.91. The van der Waals surface area contributed by atoms with E-state index in [1.165, 1.54) is 4.90 Å². The quantitative estimate of drug-likeness (QED) is 0.416. The average Bonchev–Trinajstić information content (AvgIpc) is 3.44. The summed E-state index contributed by atoms with van der Waals surface area (Å²) in [5.41, 5.74) is 4.35. The number of carbonyl (C=O) groups excluding carboxylic acids is 2. The number of likely N-dealkylation sites (tertiary alicyclic amines) is 2. The highest BCUT2D eigenvalue weighted by atomic mass is 16.5. The molecule has 2 amide bonds. The molecule has 2 heterocycles. The van der Waals surface area contributed by atoms with Gasteiger partial charge in [-0.05, 0) is 47.1 Å². The summed E-state index contributed by atoms with van der Waals surface area (Å²) in [7, 11) is 0. The second-order valence-electron chi connectivity index (χ2n) is 11.7.